The average Bonchev–Trinajstić information content (AvgIpc) is 3.07. The Morgan fingerprint density at radius 2 is 1.92 bits per heavy atom. The second-order valence-electron chi connectivity index (χ2n) is 6.83. The zero-order valence-electron chi connectivity index (χ0n) is 13.9. The van der Waals surface area contributed by atoms with E-state index in [0.29, 0.717) is 10.0 Å². The summed E-state index contributed by atoms with van der Waals surface area (Å²) in [7, 11) is 0. The van der Waals surface area contributed by atoms with Crippen molar-refractivity contribution in [3.05, 3.63) is 46.8 Å². The minimum atomic E-state index is -0.0910. The highest BCUT2D eigenvalue weighted by Gasteiger charge is 2.27. The fourth-order valence-corrected chi connectivity index (χ4v) is 3.65. The number of piperidine rings is 1. The van der Waals surface area contributed by atoms with Gasteiger partial charge in [-0.05, 0) is 25.8 Å². The maximum Gasteiger partial charge on any atom is 0.165 e. The molecule has 0 amide bonds. The summed E-state index contributed by atoms with van der Waals surface area (Å²) in [5.74, 6) is 1.02. The Labute approximate surface area is 156 Å². The monoisotopic (exact) mass is 375 g/mol. The van der Waals surface area contributed by atoms with Gasteiger partial charge in [-0.2, -0.15) is 0 Å². The van der Waals surface area contributed by atoms with Crippen molar-refractivity contribution in [2.45, 2.75) is 25.3 Å². The highest BCUT2D eigenvalue weighted by Crippen LogP contribution is 2.35. The number of halogens is 2. The second kappa shape index (κ2) is 6.16. The van der Waals surface area contributed by atoms with E-state index in [-0.39, 0.29) is 5.54 Å². The van der Waals surface area contributed by atoms with Crippen molar-refractivity contribution in [3.63, 3.8) is 0 Å². The summed E-state index contributed by atoms with van der Waals surface area (Å²) < 4.78 is 2.05. The fourth-order valence-electron chi connectivity index (χ4n) is 3.26. The minimum Gasteiger partial charge on any atom is -0.356 e. The Bertz CT molecular complexity index is 924. The van der Waals surface area contributed by atoms with Crippen LogP contribution in [0.2, 0.25) is 10.0 Å². The van der Waals surface area contributed by atoms with Crippen molar-refractivity contribution < 1.29 is 0 Å². The maximum atomic E-state index is 6.38. The Kier molecular flexibility index (Phi) is 4.10. The van der Waals surface area contributed by atoms with E-state index in [1.165, 1.54) is 0 Å². The highest BCUT2D eigenvalue weighted by molar-refractivity contribution is 6.43. The van der Waals surface area contributed by atoms with Gasteiger partial charge in [0.1, 0.15) is 11.5 Å². The van der Waals surface area contributed by atoms with Crippen LogP contribution in [0.5, 0.6) is 0 Å². The molecule has 0 atom stereocenters. The maximum absolute atomic E-state index is 6.38. The topological polar surface area (TPSA) is 59.5 Å². The van der Waals surface area contributed by atoms with Crippen LogP contribution in [0, 0.1) is 0 Å². The van der Waals surface area contributed by atoms with Crippen molar-refractivity contribution in [2.24, 2.45) is 5.73 Å². The first-order valence-electron chi connectivity index (χ1n) is 8.26. The second-order valence-corrected chi connectivity index (χ2v) is 7.61. The van der Waals surface area contributed by atoms with Crippen LogP contribution in [0.4, 0.5) is 5.82 Å². The van der Waals surface area contributed by atoms with Crippen molar-refractivity contribution in [1.29, 1.82) is 0 Å². The Morgan fingerprint density at radius 1 is 1.16 bits per heavy atom. The molecule has 2 N–H and O–H groups in total. The molecule has 3 aromatic rings. The summed E-state index contributed by atoms with van der Waals surface area (Å²) in [6.07, 6.45) is 7.50. The third-order valence-corrected chi connectivity index (χ3v) is 5.66. The molecule has 0 unspecified atom stereocenters. The van der Waals surface area contributed by atoms with E-state index in [0.717, 1.165) is 48.7 Å². The summed E-state index contributed by atoms with van der Waals surface area (Å²) in [6.45, 7) is 3.91. The quantitative estimate of drug-likeness (QED) is 0.734. The van der Waals surface area contributed by atoms with E-state index in [2.05, 4.69) is 26.2 Å². The average molecular weight is 376 g/mol. The van der Waals surface area contributed by atoms with Gasteiger partial charge in [-0.3, -0.25) is 4.40 Å². The molecular weight excluding hydrogens is 357 g/mol. The number of nitrogens with two attached hydrogens (primary N) is 1. The number of benzene rings is 1. The van der Waals surface area contributed by atoms with Gasteiger partial charge in [-0.25, -0.2) is 9.97 Å². The summed E-state index contributed by atoms with van der Waals surface area (Å²) in [5, 5.41) is 0.999. The lowest BCUT2D eigenvalue weighted by molar-refractivity contribution is 0.362. The summed E-state index contributed by atoms with van der Waals surface area (Å²) in [6, 6.07) is 5.54. The van der Waals surface area contributed by atoms with E-state index in [1.54, 1.807) is 12.3 Å². The van der Waals surface area contributed by atoms with Gasteiger partial charge in [0.15, 0.2) is 5.65 Å². The molecule has 0 saturated carbocycles. The Hall–Kier alpha value is -1.82. The molecule has 1 aliphatic heterocycles. The van der Waals surface area contributed by atoms with Gasteiger partial charge >= 0.3 is 0 Å². The number of aromatic nitrogens is 3. The van der Waals surface area contributed by atoms with Crippen molar-refractivity contribution in [1.82, 2.24) is 14.4 Å². The minimum absolute atomic E-state index is 0.0910. The van der Waals surface area contributed by atoms with Crippen LogP contribution < -0.4 is 10.6 Å². The molecule has 1 saturated heterocycles. The predicted molar refractivity (Wildman–Crippen MR) is 102 cm³/mol. The van der Waals surface area contributed by atoms with Crippen molar-refractivity contribution in [2.75, 3.05) is 18.0 Å². The van der Waals surface area contributed by atoms with Gasteiger partial charge in [0.25, 0.3) is 0 Å². The molecule has 1 aromatic carbocycles. The third-order valence-electron chi connectivity index (χ3n) is 4.84. The van der Waals surface area contributed by atoms with Gasteiger partial charge in [0.2, 0.25) is 0 Å². The predicted octanol–water partition coefficient (Wildman–Crippen LogP) is 4.02. The highest BCUT2D eigenvalue weighted by atomic mass is 35.5. The van der Waals surface area contributed by atoms with Gasteiger partial charge in [-0.15, -0.1) is 0 Å². The van der Waals surface area contributed by atoms with Crippen LogP contribution >= 0.6 is 23.2 Å². The van der Waals surface area contributed by atoms with Crippen molar-refractivity contribution >= 4 is 34.7 Å². The molecule has 7 heteroatoms. The first kappa shape index (κ1) is 16.6. The zero-order chi connectivity index (χ0) is 17.6. The van der Waals surface area contributed by atoms with Crippen LogP contribution in [0.25, 0.3) is 16.9 Å². The van der Waals surface area contributed by atoms with E-state index in [9.17, 15) is 0 Å². The number of imidazole rings is 1. The van der Waals surface area contributed by atoms with Gasteiger partial charge in [-0.1, -0.05) is 35.3 Å². The molecule has 0 aliphatic carbocycles. The number of hydrogen-bond acceptors (Lipinski definition) is 4. The molecule has 0 spiro atoms. The van der Waals surface area contributed by atoms with E-state index >= 15 is 0 Å². The summed E-state index contributed by atoms with van der Waals surface area (Å²) in [5.41, 5.74) is 8.43. The molecular formula is C18H19Cl2N5. The number of hydrogen-bond donors (Lipinski definition) is 1. The van der Waals surface area contributed by atoms with Crippen LogP contribution in [0.3, 0.4) is 0 Å². The molecule has 2 aromatic heterocycles. The van der Waals surface area contributed by atoms with Crippen LogP contribution in [0.15, 0.2) is 36.8 Å². The van der Waals surface area contributed by atoms with Gasteiger partial charge < -0.3 is 10.6 Å². The lowest BCUT2D eigenvalue weighted by atomic mass is 9.91. The molecule has 130 valence electrons. The zero-order valence-corrected chi connectivity index (χ0v) is 15.4. The molecule has 1 fully saturated rings. The lowest BCUT2D eigenvalue weighted by Crippen LogP contribution is -2.48. The molecule has 0 bridgehead atoms. The van der Waals surface area contributed by atoms with E-state index < -0.39 is 0 Å². The van der Waals surface area contributed by atoms with Crippen LogP contribution in [-0.4, -0.2) is 33.0 Å². The lowest BCUT2D eigenvalue weighted by Gasteiger charge is -2.38. The SMILES string of the molecule is CC1(N)CCN(c2cnc(-c3cccc(Cl)c3Cl)c3nccn23)CC1. The molecule has 4 rings (SSSR count). The molecule has 5 nitrogen and oxygen atoms in total. The third kappa shape index (κ3) is 2.97. The van der Waals surface area contributed by atoms with Crippen molar-refractivity contribution in [3.8, 4) is 11.3 Å². The van der Waals surface area contributed by atoms with Gasteiger partial charge in [0, 0.05) is 36.6 Å². The summed E-state index contributed by atoms with van der Waals surface area (Å²) in [4.78, 5) is 11.5. The fraction of sp³-hybridized carbons (Fsp3) is 0.333. The largest absolute Gasteiger partial charge is 0.356 e. The molecule has 0 radical (unpaired) electrons. The number of anilines is 1. The van der Waals surface area contributed by atoms with Crippen LogP contribution in [-0.2, 0) is 0 Å². The Morgan fingerprint density at radius 3 is 2.68 bits per heavy atom. The number of fused-ring (bicyclic) bond motifs is 1. The van der Waals surface area contributed by atoms with E-state index in [4.69, 9.17) is 28.9 Å². The normalized spacial score (nSPS) is 17.2. The Balaban J connectivity index is 1.79. The molecule has 3 heterocycles. The standard InChI is InChI=1S/C18H19Cl2N5/c1-18(21)5-8-24(9-6-18)14-11-23-16(17-22-7-10-25(14)17)12-3-2-4-13(19)15(12)20/h2-4,7,10-11H,5-6,8-9,21H2,1H3. The summed E-state index contributed by atoms with van der Waals surface area (Å²) >= 11 is 12.5. The smallest absolute Gasteiger partial charge is 0.165 e. The molecule has 25 heavy (non-hydrogen) atoms. The van der Waals surface area contributed by atoms with Crippen LogP contribution in [0.1, 0.15) is 19.8 Å². The first-order valence-corrected chi connectivity index (χ1v) is 9.02. The number of rotatable bonds is 2. The van der Waals surface area contributed by atoms with E-state index in [1.807, 2.05) is 24.5 Å². The first-order chi connectivity index (χ1) is 12.0. The van der Waals surface area contributed by atoms with Gasteiger partial charge in [0.05, 0.1) is 16.2 Å². The number of nitrogens with zero attached hydrogens (tertiary/aromatic N) is 4. The molecule has 1 aliphatic rings.